The normalized spacial score (nSPS) is 16.0. The van der Waals surface area contributed by atoms with Crippen molar-refractivity contribution in [2.24, 2.45) is 0 Å². The lowest BCUT2D eigenvalue weighted by Crippen LogP contribution is -2.23. The smallest absolute Gasteiger partial charge is 0.273 e. The maximum Gasteiger partial charge on any atom is 0.273 e. The van der Waals surface area contributed by atoms with Crippen LogP contribution in [0.5, 0.6) is 0 Å². The Morgan fingerprint density at radius 2 is 2.00 bits per heavy atom. The van der Waals surface area contributed by atoms with E-state index in [2.05, 4.69) is 10.6 Å². The zero-order valence-electron chi connectivity index (χ0n) is 14.9. The van der Waals surface area contributed by atoms with Gasteiger partial charge in [0.05, 0.1) is 10.4 Å². The Hall–Kier alpha value is -3.70. The molecule has 2 heterocycles. The van der Waals surface area contributed by atoms with Crippen molar-refractivity contribution in [3.8, 4) is 11.8 Å². The number of nitriles is 1. The van der Waals surface area contributed by atoms with Crippen LogP contribution in [-0.4, -0.2) is 28.6 Å². The summed E-state index contributed by atoms with van der Waals surface area (Å²) in [5.74, 6) is 0. The van der Waals surface area contributed by atoms with E-state index in [1.54, 1.807) is 6.07 Å². The van der Waals surface area contributed by atoms with Gasteiger partial charge in [0.15, 0.2) is 0 Å². The predicted octanol–water partition coefficient (Wildman–Crippen LogP) is 2.54. The fourth-order valence-corrected chi connectivity index (χ4v) is 3.47. The Bertz CT molecular complexity index is 1160. The van der Waals surface area contributed by atoms with Crippen LogP contribution in [0, 0.1) is 21.4 Å². The van der Waals surface area contributed by atoms with Gasteiger partial charge >= 0.3 is 0 Å². The molecule has 4 rings (SSSR count). The summed E-state index contributed by atoms with van der Waals surface area (Å²) in [4.78, 5) is 23.3. The number of fused-ring (bicyclic) bond motifs is 1. The van der Waals surface area contributed by atoms with Crippen LogP contribution >= 0.6 is 0 Å². The maximum absolute atomic E-state index is 12.9. The second-order valence-corrected chi connectivity index (χ2v) is 6.69. The van der Waals surface area contributed by atoms with E-state index in [0.717, 1.165) is 30.6 Å². The first kappa shape index (κ1) is 17.7. The first-order chi connectivity index (χ1) is 13.6. The molecule has 8 heteroatoms. The molecule has 1 aliphatic rings. The van der Waals surface area contributed by atoms with E-state index in [1.807, 2.05) is 24.3 Å². The maximum atomic E-state index is 12.9. The molecule has 8 nitrogen and oxygen atoms in total. The summed E-state index contributed by atoms with van der Waals surface area (Å²) in [5.41, 5.74) is 1.48. The monoisotopic (exact) mass is 375 g/mol. The van der Waals surface area contributed by atoms with Gasteiger partial charge < -0.3 is 10.6 Å². The molecule has 2 aromatic carbocycles. The number of hydrogen-bond donors (Lipinski definition) is 2. The molecule has 0 bridgehead atoms. The van der Waals surface area contributed by atoms with Crippen molar-refractivity contribution >= 4 is 22.3 Å². The number of hydrogen-bond acceptors (Lipinski definition) is 6. The zero-order valence-corrected chi connectivity index (χ0v) is 14.9. The van der Waals surface area contributed by atoms with Crippen molar-refractivity contribution in [2.75, 3.05) is 18.4 Å². The second-order valence-electron chi connectivity index (χ2n) is 6.69. The number of nitrogens with zero attached hydrogens (tertiary/aromatic N) is 3. The zero-order chi connectivity index (χ0) is 19.7. The summed E-state index contributed by atoms with van der Waals surface area (Å²) in [6.07, 6.45) is 1.01. The highest BCUT2D eigenvalue weighted by Gasteiger charge is 2.16. The first-order valence-corrected chi connectivity index (χ1v) is 8.89. The van der Waals surface area contributed by atoms with Gasteiger partial charge in [-0.1, -0.05) is 6.07 Å². The molecule has 3 aromatic rings. The van der Waals surface area contributed by atoms with Crippen molar-refractivity contribution in [2.45, 2.75) is 12.5 Å². The fourth-order valence-electron chi connectivity index (χ4n) is 3.47. The summed E-state index contributed by atoms with van der Waals surface area (Å²) >= 11 is 0. The first-order valence-electron chi connectivity index (χ1n) is 8.89. The molecule has 0 amide bonds. The van der Waals surface area contributed by atoms with Crippen LogP contribution < -0.4 is 16.2 Å². The van der Waals surface area contributed by atoms with Crippen LogP contribution in [0.1, 0.15) is 12.0 Å². The molecule has 2 N–H and O–H groups in total. The quantitative estimate of drug-likeness (QED) is 0.535. The van der Waals surface area contributed by atoms with Gasteiger partial charge in [0.1, 0.15) is 11.6 Å². The SMILES string of the molecule is N#Cc1cc2ccc(N[C@H]3CCNC3)cc2n(-c2ccc([N+](=O)[O-])cc2)c1=O. The van der Waals surface area contributed by atoms with Crippen LogP contribution in [0.3, 0.4) is 0 Å². The number of pyridine rings is 1. The Balaban J connectivity index is 1.88. The molecule has 140 valence electrons. The molecule has 1 aromatic heterocycles. The number of nitrogens with one attached hydrogen (secondary N) is 2. The highest BCUT2D eigenvalue weighted by Crippen LogP contribution is 2.24. The van der Waals surface area contributed by atoms with E-state index in [9.17, 15) is 20.2 Å². The lowest BCUT2D eigenvalue weighted by Gasteiger charge is -2.16. The van der Waals surface area contributed by atoms with E-state index >= 15 is 0 Å². The molecule has 1 saturated heterocycles. The third-order valence-corrected chi connectivity index (χ3v) is 4.87. The van der Waals surface area contributed by atoms with Crippen molar-refractivity contribution < 1.29 is 4.92 Å². The van der Waals surface area contributed by atoms with E-state index in [1.165, 1.54) is 28.8 Å². The molecule has 0 spiro atoms. The van der Waals surface area contributed by atoms with Gasteiger partial charge in [0, 0.05) is 41.5 Å². The summed E-state index contributed by atoms with van der Waals surface area (Å²) in [7, 11) is 0. The van der Waals surface area contributed by atoms with E-state index in [4.69, 9.17) is 0 Å². The Morgan fingerprint density at radius 1 is 1.21 bits per heavy atom. The lowest BCUT2D eigenvalue weighted by molar-refractivity contribution is -0.384. The standard InChI is InChI=1S/C20H17N5O3/c21-11-14-9-13-1-2-15(23-16-7-8-22-12-16)10-19(13)24(20(14)26)17-3-5-18(6-4-17)25(27)28/h1-6,9-10,16,22-23H,7-8,12H2/t16-/m0/s1. The highest BCUT2D eigenvalue weighted by atomic mass is 16.6. The minimum Gasteiger partial charge on any atom is -0.381 e. The molecule has 0 unspecified atom stereocenters. The Morgan fingerprint density at radius 3 is 2.64 bits per heavy atom. The van der Waals surface area contributed by atoms with E-state index in [-0.39, 0.29) is 11.3 Å². The van der Waals surface area contributed by atoms with Crippen molar-refractivity contribution in [3.05, 3.63) is 74.6 Å². The summed E-state index contributed by atoms with van der Waals surface area (Å²) in [6, 6.07) is 15.2. The van der Waals surface area contributed by atoms with Gasteiger partial charge in [-0.2, -0.15) is 5.26 Å². The molecule has 1 atom stereocenters. The van der Waals surface area contributed by atoms with E-state index < -0.39 is 10.5 Å². The largest absolute Gasteiger partial charge is 0.381 e. The van der Waals surface area contributed by atoms with Crippen LogP contribution in [0.4, 0.5) is 11.4 Å². The van der Waals surface area contributed by atoms with Crippen LogP contribution in [0.25, 0.3) is 16.6 Å². The average molecular weight is 375 g/mol. The lowest BCUT2D eigenvalue weighted by atomic mass is 10.1. The van der Waals surface area contributed by atoms with E-state index in [0.29, 0.717) is 17.2 Å². The minimum absolute atomic E-state index is 0.0200. The summed E-state index contributed by atoms with van der Waals surface area (Å²) in [6.45, 7) is 1.84. The van der Waals surface area contributed by atoms with Gasteiger partial charge in [-0.15, -0.1) is 0 Å². The molecule has 0 saturated carbocycles. The number of rotatable bonds is 4. The fraction of sp³-hybridized carbons (Fsp3) is 0.200. The summed E-state index contributed by atoms with van der Waals surface area (Å²) in [5, 5.41) is 27.7. The van der Waals surface area contributed by atoms with Crippen LogP contribution in [0.2, 0.25) is 0 Å². The number of nitro benzene ring substituents is 1. The summed E-state index contributed by atoms with van der Waals surface area (Å²) < 4.78 is 1.43. The molecular weight excluding hydrogens is 358 g/mol. The third-order valence-electron chi connectivity index (χ3n) is 4.87. The van der Waals surface area contributed by atoms with Crippen LogP contribution in [-0.2, 0) is 0 Å². The third kappa shape index (κ3) is 3.19. The van der Waals surface area contributed by atoms with Crippen molar-refractivity contribution in [3.63, 3.8) is 0 Å². The number of nitro groups is 1. The highest BCUT2D eigenvalue weighted by molar-refractivity contribution is 5.85. The molecular formula is C20H17N5O3. The number of benzene rings is 2. The predicted molar refractivity (Wildman–Crippen MR) is 106 cm³/mol. The molecule has 1 fully saturated rings. The topological polar surface area (TPSA) is 113 Å². The number of aromatic nitrogens is 1. The van der Waals surface area contributed by atoms with Gasteiger partial charge in [-0.3, -0.25) is 19.5 Å². The molecule has 0 radical (unpaired) electrons. The van der Waals surface area contributed by atoms with Gasteiger partial charge in [-0.25, -0.2) is 0 Å². The van der Waals surface area contributed by atoms with Crippen molar-refractivity contribution in [1.82, 2.24) is 9.88 Å². The average Bonchev–Trinajstić information content (AvgIpc) is 3.21. The van der Waals surface area contributed by atoms with Crippen LogP contribution in [0.15, 0.2) is 53.3 Å². The van der Waals surface area contributed by atoms with Gasteiger partial charge in [0.25, 0.3) is 11.2 Å². The Kier molecular flexibility index (Phi) is 4.51. The second kappa shape index (κ2) is 7.13. The van der Waals surface area contributed by atoms with Gasteiger partial charge in [-0.05, 0) is 43.3 Å². The number of anilines is 1. The molecule has 28 heavy (non-hydrogen) atoms. The minimum atomic E-state index is -0.492. The Labute approximate surface area is 160 Å². The van der Waals surface area contributed by atoms with Crippen molar-refractivity contribution in [1.29, 1.82) is 5.26 Å². The van der Waals surface area contributed by atoms with Gasteiger partial charge in [0.2, 0.25) is 0 Å². The molecule has 1 aliphatic heterocycles. The molecule has 0 aliphatic carbocycles. The number of non-ortho nitro benzene ring substituents is 1.